The van der Waals surface area contributed by atoms with Crippen LogP contribution in [-0.2, 0) is 14.3 Å². The topological polar surface area (TPSA) is 93.5 Å². The highest BCUT2D eigenvalue weighted by atomic mass is 35.5. The molecule has 7 heteroatoms. The summed E-state index contributed by atoms with van der Waals surface area (Å²) in [6.07, 6.45) is 0.316. The van der Waals surface area contributed by atoms with Crippen molar-refractivity contribution in [3.63, 3.8) is 0 Å². The highest BCUT2D eigenvalue weighted by molar-refractivity contribution is 6.30. The van der Waals surface area contributed by atoms with E-state index in [1.807, 2.05) is 6.07 Å². The minimum absolute atomic E-state index is 0.0117. The van der Waals surface area contributed by atoms with Gasteiger partial charge in [-0.15, -0.1) is 0 Å². The number of hydrogen-bond acceptors (Lipinski definition) is 4. The smallest absolute Gasteiger partial charge is 0.222 e. The monoisotopic (exact) mass is 325 g/mol. The molecule has 0 saturated carbocycles. The number of morpholine rings is 1. The molecule has 0 aromatic heterocycles. The van der Waals surface area contributed by atoms with Crippen molar-refractivity contribution in [2.24, 2.45) is 5.73 Å². The third-order valence-corrected chi connectivity index (χ3v) is 3.66. The number of nitrogens with two attached hydrogens (primary N) is 1. The van der Waals surface area contributed by atoms with Crippen LogP contribution in [0.15, 0.2) is 24.3 Å². The number of hydrogen-bond donors (Lipinski definition) is 3. The highest BCUT2D eigenvalue weighted by Gasteiger charge is 2.21. The summed E-state index contributed by atoms with van der Waals surface area (Å²) in [6.45, 7) is 1.90. The van der Waals surface area contributed by atoms with Crippen LogP contribution in [0.4, 0.5) is 0 Å². The van der Waals surface area contributed by atoms with E-state index >= 15 is 0 Å². The number of halogens is 1. The van der Waals surface area contributed by atoms with E-state index in [0.29, 0.717) is 18.2 Å². The van der Waals surface area contributed by atoms with Crippen molar-refractivity contribution in [3.05, 3.63) is 34.9 Å². The van der Waals surface area contributed by atoms with Crippen LogP contribution in [0.2, 0.25) is 5.02 Å². The van der Waals surface area contributed by atoms with Gasteiger partial charge in [0, 0.05) is 24.0 Å². The molecule has 22 heavy (non-hydrogen) atoms. The van der Waals surface area contributed by atoms with Crippen molar-refractivity contribution in [3.8, 4) is 0 Å². The second-order valence-corrected chi connectivity index (χ2v) is 5.71. The molecule has 1 heterocycles. The number of rotatable bonds is 6. The Morgan fingerprint density at radius 1 is 1.50 bits per heavy atom. The zero-order chi connectivity index (χ0) is 15.9. The summed E-state index contributed by atoms with van der Waals surface area (Å²) in [5.74, 6) is -0.640. The van der Waals surface area contributed by atoms with Gasteiger partial charge in [-0.1, -0.05) is 23.7 Å². The van der Waals surface area contributed by atoms with Crippen LogP contribution < -0.4 is 16.4 Å². The minimum Gasteiger partial charge on any atom is -0.378 e. The maximum atomic E-state index is 12.2. The molecule has 0 bridgehead atoms. The van der Waals surface area contributed by atoms with Crippen molar-refractivity contribution in [2.45, 2.75) is 24.9 Å². The Morgan fingerprint density at radius 2 is 2.32 bits per heavy atom. The van der Waals surface area contributed by atoms with Gasteiger partial charge in [0.05, 0.1) is 25.7 Å². The molecule has 0 spiro atoms. The number of benzene rings is 1. The van der Waals surface area contributed by atoms with Crippen molar-refractivity contribution < 1.29 is 14.3 Å². The Hall–Kier alpha value is -1.63. The van der Waals surface area contributed by atoms with Crippen molar-refractivity contribution in [1.29, 1.82) is 0 Å². The highest BCUT2D eigenvalue weighted by Crippen LogP contribution is 2.20. The maximum absolute atomic E-state index is 12.2. The lowest BCUT2D eigenvalue weighted by atomic mass is 10.0. The first-order valence-corrected chi connectivity index (χ1v) is 7.56. The fourth-order valence-corrected chi connectivity index (χ4v) is 2.60. The summed E-state index contributed by atoms with van der Waals surface area (Å²) < 4.78 is 5.32. The Kier molecular flexibility index (Phi) is 6.18. The zero-order valence-corrected chi connectivity index (χ0v) is 12.9. The molecule has 1 aliphatic rings. The first kappa shape index (κ1) is 16.7. The van der Waals surface area contributed by atoms with Crippen LogP contribution in [0.3, 0.4) is 0 Å². The van der Waals surface area contributed by atoms with E-state index in [0.717, 1.165) is 12.1 Å². The Labute approximate surface area is 134 Å². The third-order valence-electron chi connectivity index (χ3n) is 3.42. The Bertz CT molecular complexity index is 533. The number of amides is 2. The quantitative estimate of drug-likeness (QED) is 0.719. The van der Waals surface area contributed by atoms with Crippen molar-refractivity contribution >= 4 is 23.4 Å². The van der Waals surface area contributed by atoms with Gasteiger partial charge in [-0.25, -0.2) is 0 Å². The molecule has 0 radical (unpaired) electrons. The molecule has 1 aliphatic heterocycles. The van der Waals surface area contributed by atoms with E-state index in [-0.39, 0.29) is 24.8 Å². The molecule has 1 fully saturated rings. The van der Waals surface area contributed by atoms with Gasteiger partial charge in [0.25, 0.3) is 0 Å². The largest absolute Gasteiger partial charge is 0.378 e. The number of carbonyl (C=O) groups excluding carboxylic acids is 2. The lowest BCUT2D eigenvalue weighted by Crippen LogP contribution is -2.44. The number of nitrogens with one attached hydrogen (secondary N) is 2. The Morgan fingerprint density at radius 3 is 2.95 bits per heavy atom. The molecule has 6 nitrogen and oxygen atoms in total. The van der Waals surface area contributed by atoms with Gasteiger partial charge in [0.1, 0.15) is 0 Å². The van der Waals surface area contributed by atoms with Gasteiger partial charge in [-0.2, -0.15) is 0 Å². The van der Waals surface area contributed by atoms with Crippen LogP contribution in [0.1, 0.15) is 24.4 Å². The molecule has 1 saturated heterocycles. The van der Waals surface area contributed by atoms with E-state index in [1.165, 1.54) is 0 Å². The van der Waals surface area contributed by atoms with E-state index in [9.17, 15) is 9.59 Å². The fraction of sp³-hybridized carbons (Fsp3) is 0.467. The summed E-state index contributed by atoms with van der Waals surface area (Å²) in [4.78, 5) is 23.4. The summed E-state index contributed by atoms with van der Waals surface area (Å²) in [5, 5.41) is 6.60. The number of primary amides is 1. The summed E-state index contributed by atoms with van der Waals surface area (Å²) >= 11 is 5.96. The lowest BCUT2D eigenvalue weighted by Gasteiger charge is -2.25. The predicted molar refractivity (Wildman–Crippen MR) is 83.4 cm³/mol. The average molecular weight is 326 g/mol. The Balaban J connectivity index is 1.99. The minimum atomic E-state index is -0.482. The molecular formula is C15H20ClN3O3. The molecule has 2 rings (SSSR count). The van der Waals surface area contributed by atoms with E-state index in [2.05, 4.69) is 10.6 Å². The molecular weight excluding hydrogens is 306 g/mol. The SMILES string of the molecule is NC(=O)C[C@@H](NC(=O)CC1COCCN1)c1cccc(Cl)c1. The summed E-state index contributed by atoms with van der Waals surface area (Å²) in [5.41, 5.74) is 6.03. The van der Waals surface area contributed by atoms with Gasteiger partial charge in [0.2, 0.25) is 11.8 Å². The van der Waals surface area contributed by atoms with E-state index in [4.69, 9.17) is 22.1 Å². The van der Waals surface area contributed by atoms with Gasteiger partial charge in [-0.3, -0.25) is 9.59 Å². The van der Waals surface area contributed by atoms with Gasteiger partial charge in [-0.05, 0) is 17.7 Å². The van der Waals surface area contributed by atoms with Gasteiger partial charge >= 0.3 is 0 Å². The normalized spacial score (nSPS) is 19.4. The average Bonchev–Trinajstić information content (AvgIpc) is 2.47. The van der Waals surface area contributed by atoms with Crippen molar-refractivity contribution in [1.82, 2.24) is 10.6 Å². The molecule has 1 unspecified atom stereocenters. The third kappa shape index (κ3) is 5.29. The summed E-state index contributed by atoms with van der Waals surface area (Å²) in [6, 6.07) is 6.54. The number of ether oxygens (including phenoxy) is 1. The molecule has 2 amide bonds. The lowest BCUT2D eigenvalue weighted by molar-refractivity contribution is -0.123. The number of carbonyl (C=O) groups is 2. The molecule has 0 aliphatic carbocycles. The molecule has 2 atom stereocenters. The maximum Gasteiger partial charge on any atom is 0.222 e. The summed E-state index contributed by atoms with van der Waals surface area (Å²) in [7, 11) is 0. The first-order valence-electron chi connectivity index (χ1n) is 7.19. The molecule has 120 valence electrons. The standard InChI is InChI=1S/C15H20ClN3O3/c16-11-3-1-2-10(6-11)13(8-14(17)20)19-15(21)7-12-9-22-5-4-18-12/h1-3,6,12-13,18H,4-5,7-9H2,(H2,17,20)(H,19,21)/t12?,13-/m1/s1. The van der Waals surface area contributed by atoms with Crippen LogP contribution >= 0.6 is 11.6 Å². The van der Waals surface area contributed by atoms with Crippen LogP contribution in [0.25, 0.3) is 0 Å². The first-order chi connectivity index (χ1) is 10.5. The molecule has 1 aromatic rings. The van der Waals surface area contributed by atoms with Gasteiger partial charge in [0.15, 0.2) is 0 Å². The van der Waals surface area contributed by atoms with Crippen LogP contribution in [0.5, 0.6) is 0 Å². The fourth-order valence-electron chi connectivity index (χ4n) is 2.40. The second kappa shape index (κ2) is 8.12. The second-order valence-electron chi connectivity index (χ2n) is 5.28. The van der Waals surface area contributed by atoms with E-state index in [1.54, 1.807) is 18.2 Å². The van der Waals surface area contributed by atoms with Crippen molar-refractivity contribution in [2.75, 3.05) is 19.8 Å². The van der Waals surface area contributed by atoms with Crippen LogP contribution in [-0.4, -0.2) is 37.6 Å². The van der Waals surface area contributed by atoms with Gasteiger partial charge < -0.3 is 21.1 Å². The molecule has 1 aromatic carbocycles. The van der Waals surface area contributed by atoms with Crippen LogP contribution in [0, 0.1) is 0 Å². The zero-order valence-electron chi connectivity index (χ0n) is 12.2. The van der Waals surface area contributed by atoms with E-state index < -0.39 is 11.9 Å². The molecule has 4 N–H and O–H groups in total. The predicted octanol–water partition coefficient (Wildman–Crippen LogP) is 0.751.